The summed E-state index contributed by atoms with van der Waals surface area (Å²) in [6.45, 7) is 3.91. The molecule has 0 saturated carbocycles. The van der Waals surface area contributed by atoms with Gasteiger partial charge in [0.2, 0.25) is 0 Å². The van der Waals surface area contributed by atoms with Crippen LogP contribution in [-0.2, 0) is 6.42 Å². The molecule has 1 heterocycles. The lowest BCUT2D eigenvalue weighted by Gasteiger charge is -2.14. The van der Waals surface area contributed by atoms with Gasteiger partial charge < -0.3 is 0 Å². The quantitative estimate of drug-likeness (QED) is 0.671. The Bertz CT molecular complexity index is 811. The highest BCUT2D eigenvalue weighted by Crippen LogP contribution is 2.25. The molecule has 1 atom stereocenters. The normalized spacial score (nSPS) is 12.1. The van der Waals surface area contributed by atoms with Gasteiger partial charge in [-0.05, 0) is 31.0 Å². The van der Waals surface area contributed by atoms with Gasteiger partial charge in [-0.25, -0.2) is 0 Å². The summed E-state index contributed by atoms with van der Waals surface area (Å²) in [6, 6.07) is 17.2. The summed E-state index contributed by atoms with van der Waals surface area (Å²) in [4.78, 5) is 11.5. The van der Waals surface area contributed by atoms with Gasteiger partial charge in [-0.1, -0.05) is 53.7 Å². The van der Waals surface area contributed by atoms with Crippen LogP contribution in [-0.4, -0.2) is 14.8 Å². The summed E-state index contributed by atoms with van der Waals surface area (Å²) in [7, 11) is 0. The van der Waals surface area contributed by atoms with Gasteiger partial charge in [0.15, 0.2) is 11.9 Å². The molecule has 0 aliphatic rings. The molecular weight excluding hydrogens is 288 g/mol. The largest absolute Gasteiger partial charge is 0.281 e. The third kappa shape index (κ3) is 3.04. The smallest absolute Gasteiger partial charge is 0.166 e. The van der Waals surface area contributed by atoms with E-state index in [0.717, 1.165) is 22.6 Å². The highest BCUT2D eigenvalue weighted by molar-refractivity contribution is 5.42. The summed E-state index contributed by atoms with van der Waals surface area (Å²) >= 11 is 0. The molecule has 3 rings (SSSR count). The number of nitrogens with zero attached hydrogens (tertiary/aromatic N) is 4. The number of rotatable bonds is 5. The first-order chi connectivity index (χ1) is 11.2. The molecule has 0 saturated heterocycles. The number of aromatic nitrogens is 3. The van der Waals surface area contributed by atoms with Crippen molar-refractivity contribution in [1.29, 1.82) is 0 Å². The molecule has 0 spiro atoms. The molecule has 1 aromatic heterocycles. The number of hydrogen-bond acceptors (Lipinski definition) is 4. The number of para-hydroxylation sites is 1. The second-order valence-corrected chi connectivity index (χ2v) is 5.54. The predicted molar refractivity (Wildman–Crippen MR) is 89.5 cm³/mol. The molecule has 0 aliphatic heterocycles. The number of nitroso groups, excluding NO2 is 1. The van der Waals surface area contributed by atoms with E-state index < -0.39 is 6.04 Å². The Labute approximate surface area is 135 Å². The van der Waals surface area contributed by atoms with Crippen LogP contribution in [0.15, 0.2) is 59.8 Å². The van der Waals surface area contributed by atoms with Gasteiger partial charge >= 0.3 is 0 Å². The van der Waals surface area contributed by atoms with Gasteiger partial charge in [0.05, 0.1) is 5.69 Å². The molecule has 0 amide bonds. The van der Waals surface area contributed by atoms with E-state index in [-0.39, 0.29) is 0 Å². The maximum absolute atomic E-state index is 11.5. The average Bonchev–Trinajstić information content (AvgIpc) is 2.95. The van der Waals surface area contributed by atoms with Crippen LogP contribution in [0, 0.1) is 18.8 Å². The van der Waals surface area contributed by atoms with Gasteiger partial charge in [0.25, 0.3) is 0 Å². The van der Waals surface area contributed by atoms with Crippen LogP contribution in [0.3, 0.4) is 0 Å². The van der Waals surface area contributed by atoms with E-state index >= 15 is 0 Å². The first kappa shape index (κ1) is 15.1. The third-order valence-electron chi connectivity index (χ3n) is 3.90. The second kappa shape index (κ2) is 6.52. The van der Waals surface area contributed by atoms with Gasteiger partial charge in [-0.3, -0.25) is 4.57 Å². The van der Waals surface area contributed by atoms with E-state index in [2.05, 4.69) is 15.4 Å². The Kier molecular flexibility index (Phi) is 4.28. The molecular formula is C18H18N4O. The minimum Gasteiger partial charge on any atom is -0.281 e. The summed E-state index contributed by atoms with van der Waals surface area (Å²) in [5, 5.41) is 11.7. The summed E-state index contributed by atoms with van der Waals surface area (Å²) in [6.07, 6.45) is 0.508. The van der Waals surface area contributed by atoms with Crippen LogP contribution >= 0.6 is 0 Å². The molecule has 2 aromatic carbocycles. The van der Waals surface area contributed by atoms with E-state index in [9.17, 15) is 4.91 Å². The van der Waals surface area contributed by atoms with Crippen LogP contribution in [0.2, 0.25) is 0 Å². The highest BCUT2D eigenvalue weighted by atomic mass is 16.3. The fraction of sp³-hybridized carbons (Fsp3) is 0.222. The van der Waals surface area contributed by atoms with Crippen LogP contribution < -0.4 is 0 Å². The summed E-state index contributed by atoms with van der Waals surface area (Å²) < 4.78 is 1.92. The van der Waals surface area contributed by atoms with E-state index in [4.69, 9.17) is 0 Å². The molecule has 23 heavy (non-hydrogen) atoms. The van der Waals surface area contributed by atoms with Gasteiger partial charge in [0.1, 0.15) is 5.82 Å². The standard InChI is InChI=1S/C18H18N4O/c1-13-8-6-7-11-17(13)22-14(2)19-20-18(22)16(21-23)12-15-9-4-3-5-10-15/h3-11,16H,12H2,1-2H3. The molecule has 5 nitrogen and oxygen atoms in total. The Morgan fingerprint density at radius 3 is 2.39 bits per heavy atom. The Morgan fingerprint density at radius 1 is 1.00 bits per heavy atom. The van der Waals surface area contributed by atoms with Gasteiger partial charge in [-0.2, -0.15) is 4.91 Å². The number of hydrogen-bond donors (Lipinski definition) is 0. The number of benzene rings is 2. The molecule has 0 aliphatic carbocycles. The molecule has 3 aromatic rings. The predicted octanol–water partition coefficient (Wildman–Crippen LogP) is 3.93. The monoisotopic (exact) mass is 306 g/mol. The lowest BCUT2D eigenvalue weighted by molar-refractivity contribution is 0.645. The topological polar surface area (TPSA) is 60.1 Å². The SMILES string of the molecule is Cc1ccccc1-n1c(C)nnc1C(Cc1ccccc1)N=O. The van der Waals surface area contributed by atoms with E-state index in [0.29, 0.717) is 12.2 Å². The lowest BCUT2D eigenvalue weighted by atomic mass is 10.1. The highest BCUT2D eigenvalue weighted by Gasteiger charge is 2.22. The molecule has 0 fully saturated rings. The molecule has 1 unspecified atom stereocenters. The molecule has 0 radical (unpaired) electrons. The van der Waals surface area contributed by atoms with Crippen molar-refractivity contribution in [2.75, 3.05) is 0 Å². The number of aryl methyl sites for hydroxylation is 2. The fourth-order valence-electron chi connectivity index (χ4n) is 2.72. The van der Waals surface area contributed by atoms with Crippen molar-refractivity contribution in [2.24, 2.45) is 5.18 Å². The van der Waals surface area contributed by atoms with Gasteiger partial charge in [-0.15, -0.1) is 10.2 Å². The maximum Gasteiger partial charge on any atom is 0.166 e. The Morgan fingerprint density at radius 2 is 1.70 bits per heavy atom. The van der Waals surface area contributed by atoms with Crippen molar-refractivity contribution >= 4 is 0 Å². The molecule has 116 valence electrons. The second-order valence-electron chi connectivity index (χ2n) is 5.54. The minimum atomic E-state index is -0.571. The van der Waals surface area contributed by atoms with E-state index in [1.807, 2.05) is 73.0 Å². The van der Waals surface area contributed by atoms with Crippen molar-refractivity contribution in [3.8, 4) is 5.69 Å². The Balaban J connectivity index is 2.03. The maximum atomic E-state index is 11.5. The first-order valence-corrected chi connectivity index (χ1v) is 7.55. The van der Waals surface area contributed by atoms with Crippen molar-refractivity contribution < 1.29 is 0 Å². The van der Waals surface area contributed by atoms with Crippen molar-refractivity contribution in [3.05, 3.63) is 82.3 Å². The van der Waals surface area contributed by atoms with E-state index in [1.54, 1.807) is 0 Å². The van der Waals surface area contributed by atoms with Crippen molar-refractivity contribution in [1.82, 2.24) is 14.8 Å². The van der Waals surface area contributed by atoms with Gasteiger partial charge in [0, 0.05) is 6.42 Å². The summed E-state index contributed by atoms with van der Waals surface area (Å²) in [5.74, 6) is 1.33. The van der Waals surface area contributed by atoms with Crippen LogP contribution in [0.4, 0.5) is 0 Å². The van der Waals surface area contributed by atoms with Crippen molar-refractivity contribution in [2.45, 2.75) is 26.3 Å². The van der Waals surface area contributed by atoms with Crippen molar-refractivity contribution in [3.63, 3.8) is 0 Å². The van der Waals surface area contributed by atoms with Crippen LogP contribution in [0.1, 0.15) is 28.8 Å². The zero-order valence-corrected chi connectivity index (χ0v) is 13.2. The third-order valence-corrected chi connectivity index (χ3v) is 3.90. The Hall–Kier alpha value is -2.82. The van der Waals surface area contributed by atoms with Crippen LogP contribution in [0.5, 0.6) is 0 Å². The van der Waals surface area contributed by atoms with E-state index in [1.165, 1.54) is 0 Å². The molecule has 0 N–H and O–H groups in total. The van der Waals surface area contributed by atoms with Crippen LogP contribution in [0.25, 0.3) is 5.69 Å². The lowest BCUT2D eigenvalue weighted by Crippen LogP contribution is -2.10. The minimum absolute atomic E-state index is 0.508. The zero-order valence-electron chi connectivity index (χ0n) is 13.2. The molecule has 0 bridgehead atoms. The first-order valence-electron chi connectivity index (χ1n) is 7.55. The average molecular weight is 306 g/mol. The molecule has 5 heteroatoms. The zero-order chi connectivity index (χ0) is 16.2. The summed E-state index contributed by atoms with van der Waals surface area (Å²) in [5.41, 5.74) is 3.13. The fourth-order valence-corrected chi connectivity index (χ4v) is 2.72.